The number of benzene rings is 2. The fourth-order valence-corrected chi connectivity index (χ4v) is 12.7. The highest BCUT2D eigenvalue weighted by Gasteiger charge is 2.43. The van der Waals surface area contributed by atoms with E-state index < -0.39 is 16.1 Å². The molecular weight excluding hydrogens is 344 g/mol. The Hall–Kier alpha value is -1.65. The molecule has 0 aliphatic rings. The lowest BCUT2D eigenvalue weighted by Gasteiger charge is -2.42. The molecule has 0 aliphatic heterocycles. The van der Waals surface area contributed by atoms with Crippen LogP contribution >= 0.6 is 0 Å². The van der Waals surface area contributed by atoms with Gasteiger partial charge in [0.15, 0.2) is 0 Å². The molecule has 0 nitrogen and oxygen atoms in total. The normalized spacial score (nSPS) is 14.5. The second kappa shape index (κ2) is 7.93. The summed E-state index contributed by atoms with van der Waals surface area (Å²) < 4.78 is 0. The van der Waals surface area contributed by atoms with E-state index in [0.29, 0.717) is 11.1 Å². The van der Waals surface area contributed by atoms with Gasteiger partial charge in [0, 0.05) is 0 Å². The van der Waals surface area contributed by atoms with Crippen molar-refractivity contribution in [1.29, 1.82) is 0 Å². The quantitative estimate of drug-likeness (QED) is 0.413. The van der Waals surface area contributed by atoms with Gasteiger partial charge in [0.2, 0.25) is 0 Å². The number of hydrogen-bond acceptors (Lipinski definition) is 0. The van der Waals surface area contributed by atoms with Crippen LogP contribution in [0.5, 0.6) is 0 Å². The Morgan fingerprint density at radius 3 is 1.12 bits per heavy atom. The van der Waals surface area contributed by atoms with Crippen molar-refractivity contribution >= 4 is 26.5 Å². The third-order valence-corrected chi connectivity index (χ3v) is 14.7. The Bertz CT molecular complexity index is 684. The molecule has 2 rings (SSSR count). The van der Waals surface area contributed by atoms with E-state index in [9.17, 15) is 0 Å². The maximum Gasteiger partial charge on any atom is 0.0876 e. The third-order valence-electron chi connectivity index (χ3n) is 6.15. The summed E-state index contributed by atoms with van der Waals surface area (Å²) in [7, 11) is -3.45. The third kappa shape index (κ3) is 4.02. The molecule has 0 aromatic heterocycles. The van der Waals surface area contributed by atoms with Crippen LogP contribution in [-0.2, 0) is 0 Å². The average Bonchev–Trinajstić information content (AvgIpc) is 2.59. The Kier molecular flexibility index (Phi) is 6.30. The molecule has 2 heteroatoms. The summed E-state index contributed by atoms with van der Waals surface area (Å²) in [5.74, 6) is 0. The van der Waals surface area contributed by atoms with E-state index >= 15 is 0 Å². The monoisotopic (exact) mass is 378 g/mol. The fraction of sp³-hybridized carbons (Fsp3) is 0.333. The van der Waals surface area contributed by atoms with Crippen LogP contribution in [-0.4, -0.2) is 16.1 Å². The Morgan fingerprint density at radius 1 is 0.615 bits per heavy atom. The van der Waals surface area contributed by atoms with Gasteiger partial charge in [0.25, 0.3) is 0 Å². The zero-order valence-corrected chi connectivity index (χ0v) is 19.3. The van der Waals surface area contributed by atoms with E-state index in [-0.39, 0.29) is 0 Å². The molecule has 0 aliphatic carbocycles. The molecular formula is C24H34Si2. The highest BCUT2D eigenvalue weighted by Crippen LogP contribution is 2.42. The average molecular weight is 379 g/mol. The van der Waals surface area contributed by atoms with Crippen molar-refractivity contribution in [1.82, 2.24) is 0 Å². The van der Waals surface area contributed by atoms with E-state index in [1.807, 2.05) is 0 Å². The van der Waals surface area contributed by atoms with Gasteiger partial charge < -0.3 is 0 Å². The first-order valence-electron chi connectivity index (χ1n) is 9.54. The predicted octanol–water partition coefficient (Wildman–Crippen LogP) is 5.95. The molecule has 0 radical (unpaired) electrons. The summed E-state index contributed by atoms with van der Waals surface area (Å²) in [5, 5.41) is 3.02. The number of rotatable bonds is 7. The van der Waals surface area contributed by atoms with Gasteiger partial charge in [-0.25, -0.2) is 0 Å². The maximum absolute atomic E-state index is 4.27. The van der Waals surface area contributed by atoms with Crippen LogP contribution in [0.4, 0.5) is 0 Å². The molecule has 26 heavy (non-hydrogen) atoms. The summed E-state index contributed by atoms with van der Waals surface area (Å²) in [5.41, 5.74) is 3.60. The van der Waals surface area contributed by atoms with E-state index in [1.165, 1.54) is 21.5 Å². The lowest BCUT2D eigenvalue weighted by molar-refractivity contribution is 0.960. The Morgan fingerprint density at radius 2 is 0.885 bits per heavy atom. The molecule has 0 fully saturated rings. The van der Waals surface area contributed by atoms with Crippen LogP contribution in [0, 0.1) is 13.8 Å². The lowest BCUT2D eigenvalue weighted by atomic mass is 10.2. The van der Waals surface area contributed by atoms with Crippen LogP contribution < -0.4 is 10.4 Å². The van der Waals surface area contributed by atoms with Crippen molar-refractivity contribution in [3.63, 3.8) is 0 Å². The SMILES string of the molecule is C=C[C@H]([C@H](C=C)[Si](C)(C)c1ccc(C)cc1)[Si](C)(C)c1ccc(C)cc1. The first kappa shape index (κ1) is 20.7. The molecule has 2 aromatic rings. The van der Waals surface area contributed by atoms with Crippen molar-refractivity contribution in [2.75, 3.05) is 0 Å². The van der Waals surface area contributed by atoms with Crippen LogP contribution in [0.2, 0.25) is 37.3 Å². The smallest absolute Gasteiger partial charge is 0.0876 e. The van der Waals surface area contributed by atoms with Crippen molar-refractivity contribution in [3.05, 3.63) is 85.0 Å². The van der Waals surface area contributed by atoms with Crippen molar-refractivity contribution in [2.45, 2.75) is 51.1 Å². The van der Waals surface area contributed by atoms with Gasteiger partial charge in [-0.1, -0.05) is 108 Å². The van der Waals surface area contributed by atoms with E-state index in [1.54, 1.807) is 0 Å². The predicted molar refractivity (Wildman–Crippen MR) is 124 cm³/mol. The molecule has 0 unspecified atom stereocenters. The van der Waals surface area contributed by atoms with Gasteiger partial charge >= 0.3 is 0 Å². The van der Waals surface area contributed by atoms with Crippen molar-refractivity contribution < 1.29 is 0 Å². The molecule has 0 saturated carbocycles. The van der Waals surface area contributed by atoms with Gasteiger partial charge in [0.05, 0.1) is 16.1 Å². The second-order valence-electron chi connectivity index (χ2n) is 8.70. The van der Waals surface area contributed by atoms with Crippen LogP contribution in [0.3, 0.4) is 0 Å². The largest absolute Gasteiger partial charge is 0.103 e. The maximum atomic E-state index is 4.27. The van der Waals surface area contributed by atoms with Gasteiger partial charge in [-0.3, -0.25) is 0 Å². The highest BCUT2D eigenvalue weighted by atomic mass is 28.3. The molecule has 0 N–H and O–H groups in total. The summed E-state index contributed by atoms with van der Waals surface area (Å²) in [6, 6.07) is 18.3. The summed E-state index contributed by atoms with van der Waals surface area (Å²) in [6.07, 6.45) is 4.45. The molecule has 2 aromatic carbocycles. The van der Waals surface area contributed by atoms with E-state index in [4.69, 9.17) is 0 Å². The summed E-state index contributed by atoms with van der Waals surface area (Å²) in [6.45, 7) is 22.8. The minimum Gasteiger partial charge on any atom is -0.103 e. The highest BCUT2D eigenvalue weighted by molar-refractivity contribution is 6.96. The molecule has 0 spiro atoms. The zero-order chi connectivity index (χ0) is 19.5. The topological polar surface area (TPSA) is 0 Å². The van der Waals surface area contributed by atoms with Crippen LogP contribution in [0.25, 0.3) is 0 Å². The molecule has 0 bridgehead atoms. The number of hydrogen-bond donors (Lipinski definition) is 0. The number of allylic oxidation sites excluding steroid dienone is 2. The molecule has 0 saturated heterocycles. The lowest BCUT2D eigenvalue weighted by Crippen LogP contribution is -2.54. The molecule has 138 valence electrons. The van der Waals surface area contributed by atoms with E-state index in [0.717, 1.165) is 0 Å². The first-order chi connectivity index (χ1) is 12.1. The Balaban J connectivity index is 2.47. The Labute approximate surface area is 162 Å². The standard InChI is InChI=1S/C24H34Si2/c1-9-23(25(5,6)21-15-11-19(3)12-16-21)24(10-2)26(7,8)22-17-13-20(4)14-18-22/h9-18,23-24H,1-2H2,3-8H3/t23-,24+. The fourth-order valence-electron chi connectivity index (χ4n) is 4.13. The first-order valence-corrected chi connectivity index (χ1v) is 15.7. The van der Waals surface area contributed by atoms with Crippen molar-refractivity contribution in [3.8, 4) is 0 Å². The van der Waals surface area contributed by atoms with Gasteiger partial charge in [-0.05, 0) is 24.9 Å². The van der Waals surface area contributed by atoms with Gasteiger partial charge in [-0.15, -0.1) is 13.2 Å². The van der Waals surface area contributed by atoms with Crippen molar-refractivity contribution in [2.24, 2.45) is 0 Å². The minimum absolute atomic E-state index is 0.477. The molecule has 0 amide bonds. The minimum atomic E-state index is -1.72. The second-order valence-corrected chi connectivity index (χ2v) is 18.1. The number of aryl methyl sites for hydroxylation is 2. The van der Waals surface area contributed by atoms with Gasteiger partial charge in [-0.2, -0.15) is 0 Å². The molecule has 2 atom stereocenters. The van der Waals surface area contributed by atoms with Crippen LogP contribution in [0.1, 0.15) is 11.1 Å². The zero-order valence-electron chi connectivity index (χ0n) is 17.3. The summed E-state index contributed by atoms with van der Waals surface area (Å²) >= 11 is 0. The van der Waals surface area contributed by atoms with Crippen LogP contribution in [0.15, 0.2) is 73.8 Å². The molecule has 0 heterocycles. The van der Waals surface area contributed by atoms with Gasteiger partial charge in [0.1, 0.15) is 0 Å². The summed E-state index contributed by atoms with van der Waals surface area (Å²) in [4.78, 5) is 0. The van der Waals surface area contributed by atoms with E-state index in [2.05, 4.69) is 114 Å².